The molecule has 1 fully saturated rings. The van der Waals surface area contributed by atoms with Gasteiger partial charge in [0, 0.05) is 18.6 Å². The van der Waals surface area contributed by atoms with Crippen LogP contribution >= 0.6 is 0 Å². The largest absolute Gasteiger partial charge is 0.313 e. The third-order valence-electron chi connectivity index (χ3n) is 3.62. The fourth-order valence-electron chi connectivity index (χ4n) is 2.38. The first kappa shape index (κ1) is 13.1. The van der Waals surface area contributed by atoms with Crippen LogP contribution in [0.25, 0.3) is 0 Å². The molecule has 0 radical (unpaired) electrons. The Hall–Kier alpha value is -1.37. The molecule has 2 N–H and O–H groups in total. The van der Waals surface area contributed by atoms with Gasteiger partial charge in [0.2, 0.25) is 0 Å². The summed E-state index contributed by atoms with van der Waals surface area (Å²) in [6.45, 7) is 4.34. The van der Waals surface area contributed by atoms with Crippen molar-refractivity contribution in [3.63, 3.8) is 0 Å². The summed E-state index contributed by atoms with van der Waals surface area (Å²) in [5, 5.41) is 15.9. The van der Waals surface area contributed by atoms with Crippen molar-refractivity contribution in [1.82, 2.24) is 10.6 Å². The molecule has 2 rings (SSSR count). The monoisotopic (exact) mass is 243 g/mol. The quantitative estimate of drug-likeness (QED) is 0.853. The number of hydrogen-bond acceptors (Lipinski definition) is 3. The number of benzene rings is 1. The van der Waals surface area contributed by atoms with Crippen LogP contribution in [0.5, 0.6) is 0 Å². The summed E-state index contributed by atoms with van der Waals surface area (Å²) in [6.07, 6.45) is 3.92. The molecule has 1 aromatic carbocycles. The zero-order chi connectivity index (χ0) is 12.8. The molecule has 1 aliphatic rings. The molecule has 0 saturated carbocycles. The highest BCUT2D eigenvalue weighted by Gasteiger charge is 2.13. The Bertz CT molecular complexity index is 399. The number of rotatable bonds is 4. The Labute approximate surface area is 109 Å². The molecule has 3 nitrogen and oxygen atoms in total. The van der Waals surface area contributed by atoms with Gasteiger partial charge in [-0.2, -0.15) is 5.26 Å². The van der Waals surface area contributed by atoms with Crippen LogP contribution in [0, 0.1) is 11.3 Å². The third-order valence-corrected chi connectivity index (χ3v) is 3.62. The lowest BCUT2D eigenvalue weighted by atomic mass is 10.0. The maximum absolute atomic E-state index is 8.77. The van der Waals surface area contributed by atoms with E-state index < -0.39 is 0 Å². The van der Waals surface area contributed by atoms with Gasteiger partial charge < -0.3 is 10.6 Å². The standard InChI is InChI=1S/C15H21N3/c1-12(14-7-5-13(10-16)6-8-14)18-11-15-4-2-3-9-17-15/h5-8,12,15,17-18H,2-4,9,11H2,1H3. The maximum atomic E-state index is 8.77. The number of nitrogens with zero attached hydrogens (tertiary/aromatic N) is 1. The van der Waals surface area contributed by atoms with Crippen LogP contribution in [0.3, 0.4) is 0 Å². The summed E-state index contributed by atoms with van der Waals surface area (Å²) in [6, 6.07) is 10.9. The molecule has 0 aliphatic carbocycles. The van der Waals surface area contributed by atoms with Gasteiger partial charge >= 0.3 is 0 Å². The molecule has 96 valence electrons. The Morgan fingerprint density at radius 3 is 2.78 bits per heavy atom. The number of nitriles is 1. The number of piperidine rings is 1. The van der Waals surface area contributed by atoms with Crippen LogP contribution in [0.1, 0.15) is 43.4 Å². The van der Waals surface area contributed by atoms with E-state index in [1.54, 1.807) is 0 Å². The summed E-state index contributed by atoms with van der Waals surface area (Å²) < 4.78 is 0. The highest BCUT2D eigenvalue weighted by atomic mass is 15.0. The van der Waals surface area contributed by atoms with E-state index in [1.165, 1.54) is 24.8 Å². The zero-order valence-corrected chi connectivity index (χ0v) is 10.9. The molecule has 0 aromatic heterocycles. The van der Waals surface area contributed by atoms with Gasteiger partial charge in [0.15, 0.2) is 0 Å². The van der Waals surface area contributed by atoms with Crippen molar-refractivity contribution in [1.29, 1.82) is 5.26 Å². The van der Waals surface area contributed by atoms with Crippen LogP contribution in [-0.4, -0.2) is 19.1 Å². The molecular weight excluding hydrogens is 222 g/mol. The van der Waals surface area contributed by atoms with Gasteiger partial charge in [0.25, 0.3) is 0 Å². The van der Waals surface area contributed by atoms with Gasteiger partial charge in [-0.25, -0.2) is 0 Å². The molecule has 0 spiro atoms. The van der Waals surface area contributed by atoms with Crippen LogP contribution in [0.15, 0.2) is 24.3 Å². The van der Waals surface area contributed by atoms with E-state index in [2.05, 4.69) is 23.6 Å². The third kappa shape index (κ3) is 3.56. The Balaban J connectivity index is 1.83. The SMILES string of the molecule is CC(NCC1CCCCN1)c1ccc(C#N)cc1. The van der Waals surface area contributed by atoms with E-state index in [0.29, 0.717) is 12.1 Å². The van der Waals surface area contributed by atoms with E-state index in [9.17, 15) is 0 Å². The smallest absolute Gasteiger partial charge is 0.0991 e. The predicted molar refractivity (Wildman–Crippen MR) is 73.2 cm³/mol. The highest BCUT2D eigenvalue weighted by Crippen LogP contribution is 2.14. The normalized spacial score (nSPS) is 21.2. The molecule has 1 saturated heterocycles. The second-order valence-corrected chi connectivity index (χ2v) is 5.01. The first-order valence-corrected chi connectivity index (χ1v) is 6.76. The maximum Gasteiger partial charge on any atom is 0.0991 e. The van der Waals surface area contributed by atoms with E-state index in [-0.39, 0.29) is 0 Å². The lowest BCUT2D eigenvalue weighted by Crippen LogP contribution is -2.42. The van der Waals surface area contributed by atoms with Gasteiger partial charge in [0.1, 0.15) is 0 Å². The average molecular weight is 243 g/mol. The Kier molecular flexibility index (Phi) is 4.74. The zero-order valence-electron chi connectivity index (χ0n) is 10.9. The molecule has 1 aliphatic heterocycles. The topological polar surface area (TPSA) is 47.8 Å². The van der Waals surface area contributed by atoms with E-state index in [4.69, 9.17) is 5.26 Å². The molecule has 18 heavy (non-hydrogen) atoms. The lowest BCUT2D eigenvalue weighted by molar-refractivity contribution is 0.371. The fraction of sp³-hybridized carbons (Fsp3) is 0.533. The average Bonchev–Trinajstić information content (AvgIpc) is 2.46. The Morgan fingerprint density at radius 1 is 1.39 bits per heavy atom. The molecule has 2 unspecified atom stereocenters. The van der Waals surface area contributed by atoms with Crippen LogP contribution in [-0.2, 0) is 0 Å². The van der Waals surface area contributed by atoms with Crippen molar-refractivity contribution < 1.29 is 0 Å². The van der Waals surface area contributed by atoms with Crippen molar-refractivity contribution in [2.24, 2.45) is 0 Å². The highest BCUT2D eigenvalue weighted by molar-refractivity contribution is 5.32. The summed E-state index contributed by atoms with van der Waals surface area (Å²) in [4.78, 5) is 0. The first-order valence-electron chi connectivity index (χ1n) is 6.76. The fourth-order valence-corrected chi connectivity index (χ4v) is 2.38. The predicted octanol–water partition coefficient (Wildman–Crippen LogP) is 2.35. The van der Waals surface area contributed by atoms with Crippen molar-refractivity contribution in [3.05, 3.63) is 35.4 Å². The van der Waals surface area contributed by atoms with E-state index in [1.807, 2.05) is 24.3 Å². The Morgan fingerprint density at radius 2 is 2.17 bits per heavy atom. The second kappa shape index (κ2) is 6.53. The summed E-state index contributed by atoms with van der Waals surface area (Å²) in [5.41, 5.74) is 1.96. The minimum absolute atomic E-state index is 0.335. The van der Waals surface area contributed by atoms with Gasteiger partial charge in [-0.1, -0.05) is 18.6 Å². The van der Waals surface area contributed by atoms with Crippen molar-refractivity contribution in [2.45, 2.75) is 38.3 Å². The molecular formula is C15H21N3. The second-order valence-electron chi connectivity index (χ2n) is 5.01. The van der Waals surface area contributed by atoms with Gasteiger partial charge in [-0.3, -0.25) is 0 Å². The van der Waals surface area contributed by atoms with Gasteiger partial charge in [-0.15, -0.1) is 0 Å². The number of nitrogens with one attached hydrogen (secondary N) is 2. The molecule has 0 amide bonds. The van der Waals surface area contributed by atoms with Crippen LogP contribution in [0.4, 0.5) is 0 Å². The van der Waals surface area contributed by atoms with Gasteiger partial charge in [-0.05, 0) is 44.0 Å². The van der Waals surface area contributed by atoms with Crippen LogP contribution < -0.4 is 10.6 Å². The van der Waals surface area contributed by atoms with Crippen molar-refractivity contribution in [3.8, 4) is 6.07 Å². The van der Waals surface area contributed by atoms with Crippen molar-refractivity contribution >= 4 is 0 Å². The molecule has 1 aromatic rings. The minimum Gasteiger partial charge on any atom is -0.313 e. The summed E-state index contributed by atoms with van der Waals surface area (Å²) in [5.74, 6) is 0. The molecule has 2 atom stereocenters. The first-order chi connectivity index (χ1) is 8.79. The summed E-state index contributed by atoms with van der Waals surface area (Å²) in [7, 11) is 0. The molecule has 0 bridgehead atoms. The molecule has 3 heteroatoms. The van der Waals surface area contributed by atoms with Gasteiger partial charge in [0.05, 0.1) is 11.6 Å². The summed E-state index contributed by atoms with van der Waals surface area (Å²) >= 11 is 0. The molecule has 1 heterocycles. The minimum atomic E-state index is 0.335. The van der Waals surface area contributed by atoms with E-state index in [0.717, 1.165) is 18.7 Å². The van der Waals surface area contributed by atoms with Crippen LogP contribution in [0.2, 0.25) is 0 Å². The van der Waals surface area contributed by atoms with Crippen molar-refractivity contribution in [2.75, 3.05) is 13.1 Å². The number of hydrogen-bond donors (Lipinski definition) is 2. The van der Waals surface area contributed by atoms with E-state index >= 15 is 0 Å². The lowest BCUT2D eigenvalue weighted by Gasteiger charge is -2.25.